The molecule has 4 rings (SSSR count). The van der Waals surface area contributed by atoms with E-state index >= 15 is 0 Å². The van der Waals surface area contributed by atoms with Gasteiger partial charge in [0.2, 0.25) is 5.91 Å². The second-order valence-electron chi connectivity index (χ2n) is 7.55. The Hall–Kier alpha value is -4.33. The van der Waals surface area contributed by atoms with E-state index in [4.69, 9.17) is 0 Å². The van der Waals surface area contributed by atoms with Gasteiger partial charge in [0.25, 0.3) is 5.69 Å². The number of carbonyl (C=O) groups excluding carboxylic acids is 1. The molecule has 0 aliphatic rings. The highest BCUT2D eigenvalue weighted by atomic mass is 19.1. The highest BCUT2D eigenvalue weighted by Gasteiger charge is 2.16. The maximum atomic E-state index is 14.2. The van der Waals surface area contributed by atoms with Crippen LogP contribution in [0.5, 0.6) is 0 Å². The summed E-state index contributed by atoms with van der Waals surface area (Å²) >= 11 is 0. The van der Waals surface area contributed by atoms with Crippen LogP contribution in [0.3, 0.4) is 0 Å². The molecular formula is C25H21FN4O3. The van der Waals surface area contributed by atoms with Gasteiger partial charge < -0.3 is 4.57 Å². The Labute approximate surface area is 189 Å². The van der Waals surface area contributed by atoms with Crippen LogP contribution in [0.15, 0.2) is 77.9 Å². The lowest BCUT2D eigenvalue weighted by molar-refractivity contribution is -0.385. The minimum absolute atomic E-state index is 0.108. The fourth-order valence-corrected chi connectivity index (χ4v) is 3.84. The predicted molar refractivity (Wildman–Crippen MR) is 125 cm³/mol. The van der Waals surface area contributed by atoms with E-state index in [1.165, 1.54) is 12.1 Å². The number of nitro benzene ring substituents is 1. The fourth-order valence-electron chi connectivity index (χ4n) is 3.84. The zero-order valence-electron chi connectivity index (χ0n) is 17.9. The molecule has 166 valence electrons. The Kier molecular flexibility index (Phi) is 6.26. The number of para-hydroxylation sites is 2. The van der Waals surface area contributed by atoms with Crippen LogP contribution in [0.25, 0.3) is 10.9 Å². The Morgan fingerprint density at radius 1 is 1.06 bits per heavy atom. The van der Waals surface area contributed by atoms with Crippen LogP contribution in [0.2, 0.25) is 0 Å². The molecule has 1 heterocycles. The van der Waals surface area contributed by atoms with Crippen molar-refractivity contribution < 1.29 is 14.1 Å². The molecule has 8 heteroatoms. The highest BCUT2D eigenvalue weighted by molar-refractivity contribution is 6.01. The van der Waals surface area contributed by atoms with Gasteiger partial charge in [-0.15, -0.1) is 0 Å². The van der Waals surface area contributed by atoms with Crippen molar-refractivity contribution in [3.05, 3.63) is 111 Å². The third-order valence-electron chi connectivity index (χ3n) is 5.49. The zero-order chi connectivity index (χ0) is 23.4. The molecule has 4 aromatic rings. The van der Waals surface area contributed by atoms with E-state index in [9.17, 15) is 19.3 Å². The Morgan fingerprint density at radius 3 is 2.48 bits per heavy atom. The first kappa shape index (κ1) is 21.9. The number of benzene rings is 3. The zero-order valence-corrected chi connectivity index (χ0v) is 17.9. The molecule has 0 aliphatic carbocycles. The van der Waals surface area contributed by atoms with Gasteiger partial charge in [0, 0.05) is 39.4 Å². The van der Waals surface area contributed by atoms with Gasteiger partial charge in [0.15, 0.2) is 0 Å². The lowest BCUT2D eigenvalue weighted by atomic mass is 10.1. The summed E-state index contributed by atoms with van der Waals surface area (Å²) in [7, 11) is 0. The lowest BCUT2D eigenvalue weighted by Crippen LogP contribution is -2.20. The summed E-state index contributed by atoms with van der Waals surface area (Å²) in [6.07, 6.45) is 1.38. The summed E-state index contributed by atoms with van der Waals surface area (Å²) in [5, 5.41) is 16.1. The summed E-state index contributed by atoms with van der Waals surface area (Å²) in [6.45, 7) is 2.27. The van der Waals surface area contributed by atoms with Crippen LogP contribution in [-0.4, -0.2) is 21.6 Å². The minimum Gasteiger partial charge on any atom is -0.340 e. The van der Waals surface area contributed by atoms with E-state index in [0.717, 1.165) is 22.2 Å². The molecule has 7 nitrogen and oxygen atoms in total. The smallest absolute Gasteiger partial charge is 0.273 e. The molecule has 0 radical (unpaired) electrons. The molecule has 1 aromatic heterocycles. The van der Waals surface area contributed by atoms with E-state index in [2.05, 4.69) is 10.5 Å². The number of halogens is 1. The van der Waals surface area contributed by atoms with Crippen molar-refractivity contribution in [1.29, 1.82) is 0 Å². The number of nitrogens with zero attached hydrogens (tertiary/aromatic N) is 3. The normalized spacial score (nSPS) is 11.2. The lowest BCUT2D eigenvalue weighted by Gasteiger charge is -2.09. The predicted octanol–water partition coefficient (Wildman–Crippen LogP) is 4.74. The molecule has 0 saturated carbocycles. The molecule has 1 amide bonds. The Bertz CT molecular complexity index is 1380. The molecule has 3 aromatic carbocycles. The van der Waals surface area contributed by atoms with E-state index in [1.54, 1.807) is 42.6 Å². The summed E-state index contributed by atoms with van der Waals surface area (Å²) in [4.78, 5) is 22.9. The van der Waals surface area contributed by atoms with E-state index in [0.29, 0.717) is 17.7 Å². The third kappa shape index (κ3) is 4.64. The molecule has 33 heavy (non-hydrogen) atoms. The Balaban J connectivity index is 1.57. The monoisotopic (exact) mass is 444 g/mol. The molecular weight excluding hydrogens is 423 g/mol. The molecule has 0 saturated heterocycles. The van der Waals surface area contributed by atoms with Gasteiger partial charge in [0.05, 0.1) is 24.1 Å². The van der Waals surface area contributed by atoms with Crippen LogP contribution in [-0.2, 0) is 17.8 Å². The first-order valence-corrected chi connectivity index (χ1v) is 10.3. The summed E-state index contributed by atoms with van der Waals surface area (Å²) in [6, 6.07) is 20.5. The largest absolute Gasteiger partial charge is 0.340 e. The number of hydrogen-bond donors (Lipinski definition) is 1. The maximum absolute atomic E-state index is 14.2. The standard InChI is InChI=1S/C25H21FN4O3/c1-17-21(15-27-28-25(31)14-18-8-3-6-12-23(18)30(32)33)20-10-4-7-13-24(20)29(17)16-19-9-2-5-11-22(19)26/h2-13,15H,14,16H2,1H3,(H,28,31)/b27-15+. The number of hydrogen-bond acceptors (Lipinski definition) is 4. The van der Waals surface area contributed by atoms with Gasteiger partial charge >= 0.3 is 0 Å². The maximum Gasteiger partial charge on any atom is 0.273 e. The summed E-state index contributed by atoms with van der Waals surface area (Å²) < 4.78 is 16.2. The Morgan fingerprint density at radius 2 is 1.73 bits per heavy atom. The fraction of sp³-hybridized carbons (Fsp3) is 0.120. The minimum atomic E-state index is -0.514. The number of amides is 1. The van der Waals surface area contributed by atoms with Crippen LogP contribution >= 0.6 is 0 Å². The number of carbonyl (C=O) groups is 1. The van der Waals surface area contributed by atoms with Crippen LogP contribution in [0, 0.1) is 22.9 Å². The molecule has 0 aliphatic heterocycles. The molecule has 0 unspecified atom stereocenters. The molecule has 0 spiro atoms. The van der Waals surface area contributed by atoms with Gasteiger partial charge in [-0.25, -0.2) is 9.82 Å². The van der Waals surface area contributed by atoms with Crippen LogP contribution in [0.4, 0.5) is 10.1 Å². The van der Waals surface area contributed by atoms with Crippen molar-refractivity contribution >= 4 is 28.7 Å². The molecule has 0 fully saturated rings. The molecule has 0 bridgehead atoms. The van der Waals surface area contributed by atoms with Gasteiger partial charge in [-0.2, -0.15) is 5.10 Å². The first-order valence-electron chi connectivity index (χ1n) is 10.3. The van der Waals surface area contributed by atoms with Crippen molar-refractivity contribution in [2.24, 2.45) is 5.10 Å². The third-order valence-corrected chi connectivity index (χ3v) is 5.49. The molecule has 0 atom stereocenters. The quantitative estimate of drug-likeness (QED) is 0.254. The van der Waals surface area contributed by atoms with Crippen molar-refractivity contribution in [2.45, 2.75) is 19.9 Å². The van der Waals surface area contributed by atoms with Gasteiger partial charge in [-0.05, 0) is 19.1 Å². The topological polar surface area (TPSA) is 89.5 Å². The van der Waals surface area contributed by atoms with Crippen molar-refractivity contribution in [3.8, 4) is 0 Å². The van der Waals surface area contributed by atoms with Crippen molar-refractivity contribution in [1.82, 2.24) is 9.99 Å². The average molecular weight is 444 g/mol. The highest BCUT2D eigenvalue weighted by Crippen LogP contribution is 2.26. The van der Waals surface area contributed by atoms with Crippen LogP contribution < -0.4 is 5.43 Å². The summed E-state index contributed by atoms with van der Waals surface area (Å²) in [5.41, 5.74) is 5.81. The second kappa shape index (κ2) is 9.44. The van der Waals surface area contributed by atoms with E-state index in [-0.39, 0.29) is 17.9 Å². The first-order chi connectivity index (χ1) is 16.0. The van der Waals surface area contributed by atoms with Gasteiger partial charge in [0.1, 0.15) is 5.82 Å². The van der Waals surface area contributed by atoms with Crippen LogP contribution in [0.1, 0.15) is 22.4 Å². The molecule has 1 N–H and O–H groups in total. The number of nitrogens with one attached hydrogen (secondary N) is 1. The van der Waals surface area contributed by atoms with Gasteiger partial charge in [-0.1, -0.05) is 54.6 Å². The average Bonchev–Trinajstić information content (AvgIpc) is 3.07. The number of aromatic nitrogens is 1. The van der Waals surface area contributed by atoms with Gasteiger partial charge in [-0.3, -0.25) is 14.9 Å². The SMILES string of the molecule is Cc1c(/C=N/NC(=O)Cc2ccccc2[N+](=O)[O-])c2ccccc2n1Cc1ccccc1F. The van der Waals surface area contributed by atoms with Crippen molar-refractivity contribution in [2.75, 3.05) is 0 Å². The summed E-state index contributed by atoms with van der Waals surface area (Å²) in [5.74, 6) is -0.736. The van der Waals surface area contributed by atoms with E-state index in [1.807, 2.05) is 35.8 Å². The van der Waals surface area contributed by atoms with Crippen molar-refractivity contribution in [3.63, 3.8) is 0 Å². The number of nitro groups is 1. The number of rotatable bonds is 7. The van der Waals surface area contributed by atoms with E-state index < -0.39 is 10.8 Å². The second-order valence-corrected chi connectivity index (χ2v) is 7.55. The number of hydrazone groups is 1. The number of fused-ring (bicyclic) bond motifs is 1.